The van der Waals surface area contributed by atoms with Crippen molar-refractivity contribution in [2.24, 2.45) is 13.0 Å². The molecule has 0 spiro atoms. The van der Waals surface area contributed by atoms with Crippen LogP contribution in [0.5, 0.6) is 0 Å². The molecule has 27 heavy (non-hydrogen) atoms. The Labute approximate surface area is 152 Å². The molecule has 0 bridgehead atoms. The largest absolute Gasteiger partial charge is 0.375 e. The van der Waals surface area contributed by atoms with Crippen LogP contribution in [-0.2, 0) is 11.8 Å². The van der Waals surface area contributed by atoms with Crippen LogP contribution in [0.2, 0.25) is 0 Å². The zero-order valence-corrected chi connectivity index (χ0v) is 14.8. The first kappa shape index (κ1) is 16.1. The first-order valence-electron chi connectivity index (χ1n) is 8.70. The Balaban J connectivity index is 1.81. The fraction of sp³-hybridized carbons (Fsp3) is 0.333. The van der Waals surface area contributed by atoms with Gasteiger partial charge in [-0.15, -0.1) is 5.10 Å². The van der Waals surface area contributed by atoms with Crippen molar-refractivity contribution in [3.05, 3.63) is 52.6 Å². The number of hydrogen-bond acceptors (Lipinski definition) is 5. The molecule has 1 aromatic carbocycles. The number of nitrogens with zero attached hydrogens (tertiary/aromatic N) is 6. The van der Waals surface area contributed by atoms with E-state index in [1.807, 2.05) is 0 Å². The van der Waals surface area contributed by atoms with Crippen LogP contribution in [0.1, 0.15) is 24.6 Å². The van der Waals surface area contributed by atoms with Gasteiger partial charge in [0.25, 0.3) is 5.56 Å². The molecule has 0 amide bonds. The van der Waals surface area contributed by atoms with Gasteiger partial charge in [-0.25, -0.2) is 9.37 Å². The first-order valence-corrected chi connectivity index (χ1v) is 8.70. The van der Waals surface area contributed by atoms with Gasteiger partial charge in [0.05, 0.1) is 22.8 Å². The van der Waals surface area contributed by atoms with Crippen LogP contribution in [0.15, 0.2) is 35.5 Å². The van der Waals surface area contributed by atoms with Crippen molar-refractivity contribution in [1.82, 2.24) is 28.9 Å². The third kappa shape index (κ3) is 2.24. The fourth-order valence-electron chi connectivity index (χ4n) is 3.71. The van der Waals surface area contributed by atoms with E-state index in [1.165, 1.54) is 10.6 Å². The lowest BCUT2D eigenvalue weighted by molar-refractivity contribution is 0.0789. The summed E-state index contributed by atoms with van der Waals surface area (Å²) in [5, 5.41) is 8.24. The van der Waals surface area contributed by atoms with Crippen molar-refractivity contribution in [2.75, 3.05) is 7.11 Å². The highest BCUT2D eigenvalue weighted by molar-refractivity contribution is 5.82. The Morgan fingerprint density at radius 2 is 2.15 bits per heavy atom. The van der Waals surface area contributed by atoms with Crippen molar-refractivity contribution in [2.45, 2.75) is 18.9 Å². The molecule has 1 saturated carbocycles. The lowest BCUT2D eigenvalue weighted by Crippen LogP contribution is -2.22. The van der Waals surface area contributed by atoms with Crippen LogP contribution in [0.4, 0.5) is 4.39 Å². The van der Waals surface area contributed by atoms with Gasteiger partial charge in [0, 0.05) is 14.2 Å². The van der Waals surface area contributed by atoms with Gasteiger partial charge in [0.1, 0.15) is 18.2 Å². The van der Waals surface area contributed by atoms with Gasteiger partial charge < -0.3 is 4.74 Å². The number of imidazole rings is 1. The normalized spacial score (nSPS) is 15.7. The van der Waals surface area contributed by atoms with Crippen LogP contribution in [0, 0.1) is 11.7 Å². The number of benzene rings is 1. The van der Waals surface area contributed by atoms with E-state index in [-0.39, 0.29) is 11.5 Å². The van der Waals surface area contributed by atoms with Crippen LogP contribution in [-0.4, -0.2) is 36.1 Å². The predicted octanol–water partition coefficient (Wildman–Crippen LogP) is 2.00. The summed E-state index contributed by atoms with van der Waals surface area (Å²) in [6.45, 7) is 0. The third-order valence-corrected chi connectivity index (χ3v) is 5.18. The van der Waals surface area contributed by atoms with Gasteiger partial charge in [-0.2, -0.15) is 4.68 Å². The van der Waals surface area contributed by atoms with Crippen LogP contribution < -0.4 is 5.56 Å². The van der Waals surface area contributed by atoms with Gasteiger partial charge >= 0.3 is 0 Å². The molecule has 1 aliphatic rings. The van der Waals surface area contributed by atoms with Crippen molar-refractivity contribution >= 4 is 16.6 Å². The van der Waals surface area contributed by atoms with E-state index in [1.54, 1.807) is 47.9 Å². The molecule has 3 heterocycles. The lowest BCUT2D eigenvalue weighted by Gasteiger charge is -2.15. The minimum absolute atomic E-state index is 0.0306. The van der Waals surface area contributed by atoms with E-state index < -0.39 is 11.4 Å². The molecule has 5 rings (SSSR count). The second-order valence-corrected chi connectivity index (χ2v) is 6.82. The minimum atomic E-state index is -0.556. The molecule has 0 aliphatic heterocycles. The number of fused-ring (bicyclic) bond motifs is 3. The van der Waals surface area contributed by atoms with Gasteiger partial charge in [-0.3, -0.25) is 13.8 Å². The highest BCUT2D eigenvalue weighted by atomic mass is 19.1. The van der Waals surface area contributed by atoms with E-state index >= 15 is 0 Å². The van der Waals surface area contributed by atoms with E-state index in [0.717, 1.165) is 18.5 Å². The summed E-state index contributed by atoms with van der Waals surface area (Å²) in [7, 11) is 3.26. The molecule has 0 saturated heterocycles. The standard InChI is InChI=1S/C18H17FN6O2/c1-23-17-16(25-13(8-21-22-25)15(27-2)10-6-7-10)20-9-24(17)12-5-3-4-11(19)14(12)18(23)26/h3-5,8-10,15H,6-7H2,1-2H3. The predicted molar refractivity (Wildman–Crippen MR) is 95.3 cm³/mol. The summed E-state index contributed by atoms with van der Waals surface area (Å²) in [6.07, 6.45) is 5.28. The number of rotatable bonds is 4. The zero-order valence-electron chi connectivity index (χ0n) is 14.8. The number of aromatic nitrogens is 6. The Kier molecular flexibility index (Phi) is 3.41. The maximum Gasteiger partial charge on any atom is 0.264 e. The Bertz CT molecular complexity index is 1240. The molecule has 9 heteroatoms. The molecular formula is C18H17FN6O2. The van der Waals surface area contributed by atoms with Crippen LogP contribution >= 0.6 is 0 Å². The first-order chi connectivity index (χ1) is 13.1. The number of methoxy groups -OCH3 is 1. The minimum Gasteiger partial charge on any atom is -0.375 e. The van der Waals surface area contributed by atoms with Crippen molar-refractivity contribution in [3.8, 4) is 5.82 Å². The summed E-state index contributed by atoms with van der Waals surface area (Å²) >= 11 is 0. The molecule has 4 aromatic rings. The molecule has 1 fully saturated rings. The third-order valence-electron chi connectivity index (χ3n) is 5.18. The number of ether oxygens (including phenoxy) is 1. The topological polar surface area (TPSA) is 79.2 Å². The van der Waals surface area contributed by atoms with E-state index in [9.17, 15) is 9.18 Å². The average Bonchev–Trinajstić information content (AvgIpc) is 3.21. The van der Waals surface area contributed by atoms with Crippen molar-refractivity contribution < 1.29 is 9.13 Å². The Morgan fingerprint density at radius 3 is 2.89 bits per heavy atom. The molecule has 0 radical (unpaired) electrons. The van der Waals surface area contributed by atoms with Crippen LogP contribution in [0.25, 0.3) is 22.4 Å². The van der Waals surface area contributed by atoms with E-state index in [0.29, 0.717) is 22.9 Å². The lowest BCUT2D eigenvalue weighted by atomic mass is 10.2. The molecule has 8 nitrogen and oxygen atoms in total. The van der Waals surface area contributed by atoms with Crippen molar-refractivity contribution in [3.63, 3.8) is 0 Å². The van der Waals surface area contributed by atoms with E-state index in [4.69, 9.17) is 4.74 Å². The van der Waals surface area contributed by atoms with E-state index in [2.05, 4.69) is 15.3 Å². The summed E-state index contributed by atoms with van der Waals surface area (Å²) < 4.78 is 24.6. The Morgan fingerprint density at radius 1 is 1.33 bits per heavy atom. The number of halogens is 1. The average molecular weight is 368 g/mol. The number of hydrogen-bond donors (Lipinski definition) is 0. The summed E-state index contributed by atoms with van der Waals surface area (Å²) in [5.41, 5.74) is 1.33. The molecular weight excluding hydrogens is 351 g/mol. The van der Waals surface area contributed by atoms with Gasteiger partial charge in [0.2, 0.25) is 0 Å². The smallest absolute Gasteiger partial charge is 0.264 e. The number of aryl methyl sites for hydroxylation is 1. The maximum atomic E-state index is 14.3. The highest BCUT2D eigenvalue weighted by Gasteiger charge is 2.35. The van der Waals surface area contributed by atoms with Crippen molar-refractivity contribution in [1.29, 1.82) is 0 Å². The fourth-order valence-corrected chi connectivity index (χ4v) is 3.71. The summed E-state index contributed by atoms with van der Waals surface area (Å²) in [5.74, 6) is 0.329. The van der Waals surface area contributed by atoms with Gasteiger partial charge in [-0.1, -0.05) is 11.3 Å². The monoisotopic (exact) mass is 368 g/mol. The highest BCUT2D eigenvalue weighted by Crippen LogP contribution is 2.43. The molecule has 1 aliphatic carbocycles. The zero-order chi connectivity index (χ0) is 18.7. The molecule has 3 aromatic heterocycles. The maximum absolute atomic E-state index is 14.3. The van der Waals surface area contributed by atoms with Gasteiger partial charge in [0.15, 0.2) is 11.5 Å². The SMILES string of the molecule is COC(c1cnnn1-c1ncn2c3cccc(F)c3c(=O)n(C)c12)C1CC1. The van der Waals surface area contributed by atoms with Gasteiger partial charge in [-0.05, 0) is 30.9 Å². The summed E-state index contributed by atoms with van der Waals surface area (Å²) in [6, 6.07) is 4.55. The molecule has 0 N–H and O–H groups in total. The Hall–Kier alpha value is -3.07. The molecule has 1 unspecified atom stereocenters. The summed E-state index contributed by atoms with van der Waals surface area (Å²) in [4.78, 5) is 17.3. The molecule has 1 atom stereocenters. The molecule has 138 valence electrons. The second kappa shape index (κ2) is 5.71. The second-order valence-electron chi connectivity index (χ2n) is 6.82. The van der Waals surface area contributed by atoms with Crippen LogP contribution in [0.3, 0.4) is 0 Å². The quantitative estimate of drug-likeness (QED) is 0.551.